The summed E-state index contributed by atoms with van der Waals surface area (Å²) in [5.74, 6) is 0. The number of benzene rings is 8. The SMILES string of the molecule is CC(C)(C)c1ccc(N2B3c4cc5c(cc4-n4c6cc7c(cc6c6ccc(c3c64)-c3cc4c(cc32)-c2cc3c(cc2C4(C)C)C(C)(C)CCC3(C)C)-c2ccccc2C7(C)C)C(C)(C)c2ccccc2-5)cc1. The van der Waals surface area contributed by atoms with Crippen LogP contribution in [-0.4, -0.2) is 11.4 Å². The van der Waals surface area contributed by atoms with E-state index in [1.807, 2.05) is 0 Å². The molecule has 0 saturated heterocycles. The molecule has 9 aromatic rings. The van der Waals surface area contributed by atoms with Crippen molar-refractivity contribution in [2.45, 2.75) is 135 Å². The van der Waals surface area contributed by atoms with Crippen LogP contribution in [0.3, 0.4) is 0 Å². The summed E-state index contributed by atoms with van der Waals surface area (Å²) in [6, 6.07) is 54.0. The van der Waals surface area contributed by atoms with E-state index in [-0.39, 0.29) is 39.3 Å². The van der Waals surface area contributed by atoms with Gasteiger partial charge in [-0.2, -0.15) is 0 Å². The molecule has 2 aliphatic heterocycles. The van der Waals surface area contributed by atoms with Crippen LogP contribution < -0.4 is 15.7 Å². The molecule has 3 heterocycles. The molecule has 0 saturated carbocycles. The molecular formula is C69H65BN2. The van der Waals surface area contributed by atoms with E-state index in [1.165, 1.54) is 152 Å². The van der Waals surface area contributed by atoms with Gasteiger partial charge in [0.05, 0.1) is 11.0 Å². The first-order chi connectivity index (χ1) is 34.1. The van der Waals surface area contributed by atoms with E-state index < -0.39 is 0 Å². The molecule has 1 aromatic heterocycles. The molecule has 0 fully saturated rings. The predicted molar refractivity (Wildman–Crippen MR) is 306 cm³/mol. The van der Waals surface area contributed by atoms with Crippen LogP contribution in [0.15, 0.2) is 133 Å². The van der Waals surface area contributed by atoms with Crippen molar-refractivity contribution >= 4 is 51.0 Å². The van der Waals surface area contributed by atoms with Gasteiger partial charge >= 0.3 is 6.85 Å². The van der Waals surface area contributed by atoms with Crippen LogP contribution in [0.4, 0.5) is 11.4 Å². The number of anilines is 2. The summed E-state index contributed by atoms with van der Waals surface area (Å²) < 4.78 is 2.72. The Hall–Kier alpha value is -6.58. The Morgan fingerprint density at radius 3 is 1.60 bits per heavy atom. The third-order valence-corrected chi connectivity index (χ3v) is 19.8. The summed E-state index contributed by atoms with van der Waals surface area (Å²) in [5, 5.41) is 2.67. The van der Waals surface area contributed by atoms with Crippen LogP contribution in [-0.2, 0) is 32.5 Å². The molecule has 0 amide bonds. The van der Waals surface area contributed by atoms with E-state index >= 15 is 0 Å². The Morgan fingerprint density at radius 2 is 0.944 bits per heavy atom. The molecule has 0 unspecified atom stereocenters. The second kappa shape index (κ2) is 13.1. The van der Waals surface area contributed by atoms with Crippen molar-refractivity contribution in [3.8, 4) is 50.2 Å². The lowest BCUT2D eigenvalue weighted by molar-refractivity contribution is 0.331. The minimum Gasteiger partial charge on any atom is -0.376 e. The lowest BCUT2D eigenvalue weighted by atomic mass is 9.43. The lowest BCUT2D eigenvalue weighted by Gasteiger charge is -2.43. The van der Waals surface area contributed by atoms with E-state index in [1.54, 1.807) is 5.56 Å². The van der Waals surface area contributed by atoms with Gasteiger partial charge in [-0.15, -0.1) is 0 Å². The number of aromatic nitrogens is 1. The number of nitrogens with zero attached hydrogens (tertiary/aromatic N) is 2. The Morgan fingerprint density at radius 1 is 0.417 bits per heavy atom. The summed E-state index contributed by atoms with van der Waals surface area (Å²) in [6.45, 7) is 31.5. The molecule has 354 valence electrons. The van der Waals surface area contributed by atoms with E-state index in [4.69, 9.17) is 0 Å². The third-order valence-electron chi connectivity index (χ3n) is 19.8. The molecule has 2 nitrogen and oxygen atoms in total. The lowest BCUT2D eigenvalue weighted by Crippen LogP contribution is -2.60. The van der Waals surface area contributed by atoms with E-state index in [0.29, 0.717) is 0 Å². The minimum absolute atomic E-state index is 0.0309. The summed E-state index contributed by atoms with van der Waals surface area (Å²) in [6.07, 6.45) is 2.41. The molecule has 3 heteroatoms. The number of hydrogen-bond acceptors (Lipinski definition) is 1. The average Bonchev–Trinajstić information content (AvgIpc) is 3.96. The van der Waals surface area contributed by atoms with Crippen molar-refractivity contribution in [2.75, 3.05) is 4.81 Å². The molecule has 6 aliphatic rings. The highest BCUT2D eigenvalue weighted by Crippen LogP contribution is 2.59. The Kier molecular flexibility index (Phi) is 7.86. The van der Waals surface area contributed by atoms with Crippen LogP contribution >= 0.6 is 0 Å². The number of hydrogen-bond donors (Lipinski definition) is 0. The van der Waals surface area contributed by atoms with Gasteiger partial charge in [-0.1, -0.05) is 175 Å². The second-order valence-electron chi connectivity index (χ2n) is 26.8. The third kappa shape index (κ3) is 5.13. The Bertz CT molecular complexity index is 3990. The standard InChI is InChI=1S/C69H65BN2/c1-64(2,3)38-22-24-39(25-23-38)72-60-34-47-45-31-56-57(66(6,7)29-28-65(56,4)5)35-53(45)69(12,13)52(47)32-49(60)42-26-27-43-48-30-44-40-18-14-16-20-50(40)67(8,9)54(44)36-59(48)71-61-37-55-46(33-58(61)70(72)62(42)63(43)71)41-19-15-17-21-51(41)68(55,10)11/h14-27,30-37H,28-29H2,1-13H3. The fourth-order valence-corrected chi connectivity index (χ4v) is 15.5. The van der Waals surface area contributed by atoms with Crippen molar-refractivity contribution < 1.29 is 0 Å². The van der Waals surface area contributed by atoms with Gasteiger partial charge in [-0.05, 0) is 178 Å². The monoisotopic (exact) mass is 933 g/mol. The Labute approximate surface area is 427 Å². The van der Waals surface area contributed by atoms with Gasteiger partial charge < -0.3 is 9.38 Å². The first-order valence-electron chi connectivity index (χ1n) is 26.9. The van der Waals surface area contributed by atoms with Crippen molar-refractivity contribution in [3.05, 3.63) is 184 Å². The largest absolute Gasteiger partial charge is 0.376 e. The quantitative estimate of drug-likeness (QED) is 0.149. The molecule has 8 aromatic carbocycles. The topological polar surface area (TPSA) is 8.17 Å². The van der Waals surface area contributed by atoms with Gasteiger partial charge in [0, 0.05) is 49.6 Å². The van der Waals surface area contributed by atoms with Crippen molar-refractivity contribution in [3.63, 3.8) is 0 Å². The van der Waals surface area contributed by atoms with Gasteiger partial charge in [0.25, 0.3) is 0 Å². The molecule has 0 spiro atoms. The zero-order valence-electron chi connectivity index (χ0n) is 44.6. The maximum atomic E-state index is 2.78. The van der Waals surface area contributed by atoms with Crippen LogP contribution in [0.2, 0.25) is 0 Å². The van der Waals surface area contributed by atoms with E-state index in [9.17, 15) is 0 Å². The van der Waals surface area contributed by atoms with Gasteiger partial charge in [0.1, 0.15) is 0 Å². The normalized spacial score (nSPS) is 18.7. The molecule has 0 N–H and O–H groups in total. The first-order valence-corrected chi connectivity index (χ1v) is 26.9. The van der Waals surface area contributed by atoms with Crippen molar-refractivity contribution in [1.82, 2.24) is 4.57 Å². The Balaban J connectivity index is 1.08. The van der Waals surface area contributed by atoms with Gasteiger partial charge in [-0.3, -0.25) is 0 Å². The fourth-order valence-electron chi connectivity index (χ4n) is 15.5. The van der Waals surface area contributed by atoms with E-state index in [2.05, 4.69) is 233 Å². The van der Waals surface area contributed by atoms with Gasteiger partial charge in [0.2, 0.25) is 0 Å². The van der Waals surface area contributed by atoms with Crippen LogP contribution in [0, 0.1) is 0 Å². The average molecular weight is 933 g/mol. The highest BCUT2D eigenvalue weighted by Gasteiger charge is 2.49. The van der Waals surface area contributed by atoms with Crippen LogP contribution in [0.25, 0.3) is 72.0 Å². The van der Waals surface area contributed by atoms with Crippen LogP contribution in [0.5, 0.6) is 0 Å². The maximum absolute atomic E-state index is 2.78. The van der Waals surface area contributed by atoms with Crippen LogP contribution in [0.1, 0.15) is 153 Å². The summed E-state index contributed by atoms with van der Waals surface area (Å²) >= 11 is 0. The molecule has 0 radical (unpaired) electrons. The number of fused-ring (bicyclic) bond motifs is 18. The van der Waals surface area contributed by atoms with Gasteiger partial charge in [-0.25, -0.2) is 0 Å². The minimum atomic E-state index is -0.171. The molecule has 0 atom stereocenters. The van der Waals surface area contributed by atoms with Crippen molar-refractivity contribution in [1.29, 1.82) is 0 Å². The second-order valence-corrected chi connectivity index (χ2v) is 26.8. The summed E-state index contributed by atoms with van der Waals surface area (Å²) in [7, 11) is 0. The highest BCUT2D eigenvalue weighted by atomic mass is 15.1. The van der Waals surface area contributed by atoms with E-state index in [0.717, 1.165) is 0 Å². The molecule has 15 rings (SSSR count). The molecule has 72 heavy (non-hydrogen) atoms. The first kappa shape index (κ1) is 43.0. The molecule has 0 bridgehead atoms. The summed E-state index contributed by atoms with van der Waals surface area (Å²) in [5.41, 5.74) is 33.1. The fraction of sp³-hybridized carbons (Fsp3) is 0.304. The zero-order chi connectivity index (χ0) is 49.7. The van der Waals surface area contributed by atoms with Crippen molar-refractivity contribution in [2.24, 2.45) is 0 Å². The zero-order valence-corrected chi connectivity index (χ0v) is 44.6. The highest BCUT2D eigenvalue weighted by molar-refractivity contribution is 6.93. The maximum Gasteiger partial charge on any atom is 0.333 e. The smallest absolute Gasteiger partial charge is 0.333 e. The number of rotatable bonds is 1. The molecular weight excluding hydrogens is 868 g/mol. The molecule has 4 aliphatic carbocycles. The summed E-state index contributed by atoms with van der Waals surface area (Å²) in [4.78, 5) is 2.78. The predicted octanol–water partition coefficient (Wildman–Crippen LogP) is 16.6. The van der Waals surface area contributed by atoms with Gasteiger partial charge in [0.15, 0.2) is 0 Å².